The molecule has 8 nitrogen and oxygen atoms in total. The van der Waals surface area contributed by atoms with Crippen LogP contribution in [0.5, 0.6) is 11.5 Å². The molecule has 0 unspecified atom stereocenters. The Bertz CT molecular complexity index is 910. The second-order valence-electron chi connectivity index (χ2n) is 7.88. The molecule has 0 saturated carbocycles. The van der Waals surface area contributed by atoms with Gasteiger partial charge in [-0.3, -0.25) is 9.59 Å². The SMILES string of the molecule is CN(C)CCNc1ccc(O)c2c1C(=O)c1c(NCCN(C)C)ccc(O)c1C2=O. The lowest BCUT2D eigenvalue weighted by Gasteiger charge is -2.25. The van der Waals surface area contributed by atoms with Gasteiger partial charge >= 0.3 is 0 Å². The lowest BCUT2D eigenvalue weighted by atomic mass is 9.81. The van der Waals surface area contributed by atoms with Gasteiger partial charge in [0.15, 0.2) is 5.78 Å². The fraction of sp³-hybridized carbons (Fsp3) is 0.364. The zero-order valence-electron chi connectivity index (χ0n) is 17.7. The average Bonchev–Trinajstić information content (AvgIpc) is 2.67. The van der Waals surface area contributed by atoms with Crippen molar-refractivity contribution in [2.45, 2.75) is 0 Å². The number of anilines is 2. The Labute approximate surface area is 176 Å². The van der Waals surface area contributed by atoms with Gasteiger partial charge in [0.05, 0.1) is 22.3 Å². The summed E-state index contributed by atoms with van der Waals surface area (Å²) in [6, 6.07) is 5.98. The molecule has 0 atom stereocenters. The molecule has 1 aliphatic carbocycles. The molecule has 8 heteroatoms. The molecular weight excluding hydrogens is 384 g/mol. The third-order valence-corrected chi connectivity index (χ3v) is 5.02. The molecule has 0 saturated heterocycles. The van der Waals surface area contributed by atoms with E-state index in [9.17, 15) is 19.8 Å². The van der Waals surface area contributed by atoms with Crippen LogP contribution in [0.3, 0.4) is 0 Å². The van der Waals surface area contributed by atoms with E-state index < -0.39 is 11.6 Å². The normalized spacial score (nSPS) is 12.9. The molecule has 3 rings (SSSR count). The standard InChI is InChI=1S/C22H28N4O4/c1-25(2)11-9-23-13-5-7-15(27)19-17(13)21(29)18-14(24-10-12-26(3)4)6-8-16(28)20(18)22(19)30/h5-8,23-24,27-28H,9-12H2,1-4H3. The van der Waals surface area contributed by atoms with E-state index in [2.05, 4.69) is 10.6 Å². The number of benzene rings is 2. The molecule has 1 aliphatic rings. The number of carbonyl (C=O) groups is 2. The largest absolute Gasteiger partial charge is 0.507 e. The molecule has 0 radical (unpaired) electrons. The number of hydrogen-bond donors (Lipinski definition) is 4. The van der Waals surface area contributed by atoms with Gasteiger partial charge in [0.2, 0.25) is 5.78 Å². The lowest BCUT2D eigenvalue weighted by Crippen LogP contribution is -2.27. The molecule has 0 fully saturated rings. The first-order valence-electron chi connectivity index (χ1n) is 9.81. The third-order valence-electron chi connectivity index (χ3n) is 5.02. The van der Waals surface area contributed by atoms with Crippen LogP contribution in [-0.2, 0) is 0 Å². The van der Waals surface area contributed by atoms with Crippen LogP contribution in [0.4, 0.5) is 11.4 Å². The average molecular weight is 412 g/mol. The van der Waals surface area contributed by atoms with E-state index in [-0.39, 0.29) is 33.8 Å². The number of phenols is 2. The second kappa shape index (κ2) is 8.73. The van der Waals surface area contributed by atoms with Crippen molar-refractivity contribution in [1.29, 1.82) is 0 Å². The number of likely N-dealkylation sites (N-methyl/N-ethyl adjacent to an activating group) is 2. The van der Waals surface area contributed by atoms with E-state index in [1.165, 1.54) is 12.1 Å². The highest BCUT2D eigenvalue weighted by Gasteiger charge is 2.37. The van der Waals surface area contributed by atoms with Crippen molar-refractivity contribution < 1.29 is 19.8 Å². The van der Waals surface area contributed by atoms with Crippen molar-refractivity contribution >= 4 is 22.9 Å². The van der Waals surface area contributed by atoms with Gasteiger partial charge in [-0.25, -0.2) is 0 Å². The molecule has 0 aliphatic heterocycles. The summed E-state index contributed by atoms with van der Waals surface area (Å²) >= 11 is 0. The van der Waals surface area contributed by atoms with E-state index in [0.717, 1.165) is 13.1 Å². The summed E-state index contributed by atoms with van der Waals surface area (Å²) < 4.78 is 0. The summed E-state index contributed by atoms with van der Waals surface area (Å²) in [5.74, 6) is -1.54. The molecule has 2 aromatic rings. The fourth-order valence-electron chi connectivity index (χ4n) is 3.49. The Balaban J connectivity index is 2.07. The van der Waals surface area contributed by atoms with Crippen molar-refractivity contribution in [3.8, 4) is 11.5 Å². The zero-order chi connectivity index (χ0) is 22.0. The topological polar surface area (TPSA) is 105 Å². The number of rotatable bonds is 8. The van der Waals surface area contributed by atoms with Crippen molar-refractivity contribution in [1.82, 2.24) is 9.80 Å². The zero-order valence-corrected chi connectivity index (χ0v) is 17.7. The molecule has 4 N–H and O–H groups in total. The number of ketones is 2. The first-order valence-corrected chi connectivity index (χ1v) is 9.81. The number of aromatic hydroxyl groups is 2. The van der Waals surface area contributed by atoms with E-state index in [1.807, 2.05) is 38.0 Å². The van der Waals surface area contributed by atoms with Crippen molar-refractivity contribution in [3.05, 3.63) is 46.5 Å². The smallest absolute Gasteiger partial charge is 0.202 e. The van der Waals surface area contributed by atoms with E-state index in [4.69, 9.17) is 0 Å². The molecular formula is C22H28N4O4. The Kier molecular flexibility index (Phi) is 6.28. The Hall–Kier alpha value is -3.10. The maximum absolute atomic E-state index is 13.5. The number of hydrogen-bond acceptors (Lipinski definition) is 8. The number of nitrogens with one attached hydrogen (secondary N) is 2. The van der Waals surface area contributed by atoms with Gasteiger partial charge in [-0.2, -0.15) is 0 Å². The second-order valence-corrected chi connectivity index (χ2v) is 7.88. The third kappa shape index (κ3) is 4.10. The molecule has 0 bridgehead atoms. The first kappa shape index (κ1) is 21.6. The maximum Gasteiger partial charge on any atom is 0.202 e. The Morgan fingerprint density at radius 2 is 1.03 bits per heavy atom. The highest BCUT2D eigenvalue weighted by Crippen LogP contribution is 2.42. The maximum atomic E-state index is 13.5. The van der Waals surface area contributed by atoms with Crippen LogP contribution in [0, 0.1) is 0 Å². The summed E-state index contributed by atoms with van der Waals surface area (Å²) in [4.78, 5) is 30.7. The minimum absolute atomic E-state index is 0.0805. The van der Waals surface area contributed by atoms with Crippen LogP contribution in [0.25, 0.3) is 0 Å². The molecule has 0 heterocycles. The van der Waals surface area contributed by atoms with Crippen LogP contribution in [0.2, 0.25) is 0 Å². The van der Waals surface area contributed by atoms with E-state index in [0.29, 0.717) is 24.5 Å². The summed E-state index contributed by atoms with van der Waals surface area (Å²) in [5, 5.41) is 27.1. The van der Waals surface area contributed by atoms with Gasteiger partial charge < -0.3 is 30.6 Å². The van der Waals surface area contributed by atoms with Gasteiger partial charge in [0.1, 0.15) is 11.5 Å². The molecule has 0 amide bonds. The van der Waals surface area contributed by atoms with E-state index in [1.54, 1.807) is 12.1 Å². The van der Waals surface area contributed by atoms with Crippen molar-refractivity contribution in [3.63, 3.8) is 0 Å². The van der Waals surface area contributed by atoms with Crippen LogP contribution in [0.1, 0.15) is 31.8 Å². The molecule has 0 aromatic heterocycles. The minimum atomic E-state index is -0.567. The van der Waals surface area contributed by atoms with Gasteiger partial charge in [0.25, 0.3) is 0 Å². The van der Waals surface area contributed by atoms with Crippen molar-refractivity contribution in [2.24, 2.45) is 0 Å². The molecule has 160 valence electrons. The number of fused-ring (bicyclic) bond motifs is 2. The first-order chi connectivity index (χ1) is 14.2. The van der Waals surface area contributed by atoms with Crippen LogP contribution in [0.15, 0.2) is 24.3 Å². The van der Waals surface area contributed by atoms with Crippen LogP contribution in [-0.4, -0.2) is 85.9 Å². The van der Waals surface area contributed by atoms with Gasteiger partial charge in [-0.1, -0.05) is 0 Å². The number of phenolic OH excluding ortho intramolecular Hbond substituents is 2. The highest BCUT2D eigenvalue weighted by molar-refractivity contribution is 6.33. The van der Waals surface area contributed by atoms with Crippen LogP contribution >= 0.6 is 0 Å². The van der Waals surface area contributed by atoms with Crippen molar-refractivity contribution in [2.75, 3.05) is 65.0 Å². The monoisotopic (exact) mass is 412 g/mol. The molecule has 0 spiro atoms. The van der Waals surface area contributed by atoms with E-state index >= 15 is 0 Å². The van der Waals surface area contributed by atoms with Crippen LogP contribution < -0.4 is 10.6 Å². The number of carbonyl (C=O) groups excluding carboxylic acids is 2. The summed E-state index contributed by atoms with van der Waals surface area (Å²) in [6.07, 6.45) is 0. The fourth-order valence-corrected chi connectivity index (χ4v) is 3.49. The lowest BCUT2D eigenvalue weighted by molar-refractivity contribution is 0.0975. The summed E-state index contributed by atoms with van der Waals surface area (Å²) in [5.41, 5.74) is 1.07. The Morgan fingerprint density at radius 3 is 1.40 bits per heavy atom. The number of nitrogens with zero attached hydrogens (tertiary/aromatic N) is 2. The quantitative estimate of drug-likeness (QED) is 0.415. The minimum Gasteiger partial charge on any atom is -0.507 e. The van der Waals surface area contributed by atoms with Gasteiger partial charge in [-0.05, 0) is 52.5 Å². The Morgan fingerprint density at radius 1 is 0.667 bits per heavy atom. The predicted octanol–water partition coefficient (Wildman–Crippen LogP) is 1.82. The molecule has 30 heavy (non-hydrogen) atoms. The predicted molar refractivity (Wildman–Crippen MR) is 117 cm³/mol. The van der Waals surface area contributed by atoms with Gasteiger partial charge in [0, 0.05) is 37.6 Å². The molecule has 2 aromatic carbocycles. The highest BCUT2D eigenvalue weighted by atomic mass is 16.3. The van der Waals surface area contributed by atoms with Gasteiger partial charge in [-0.15, -0.1) is 0 Å². The summed E-state index contributed by atoms with van der Waals surface area (Å²) in [7, 11) is 7.75. The summed E-state index contributed by atoms with van der Waals surface area (Å²) in [6.45, 7) is 2.58.